The second kappa shape index (κ2) is 6.75. The maximum Gasteiger partial charge on any atom is 0.173 e. The van der Waals surface area contributed by atoms with Crippen molar-refractivity contribution in [1.29, 1.82) is 0 Å². The maximum atomic E-state index is 8.70. The van der Waals surface area contributed by atoms with E-state index in [1.807, 2.05) is 25.1 Å². The molecule has 0 atom stereocenters. The van der Waals surface area contributed by atoms with Gasteiger partial charge in [-0.05, 0) is 19.1 Å². The Bertz CT molecular complexity index is 391. The van der Waals surface area contributed by atoms with Crippen molar-refractivity contribution < 1.29 is 14.7 Å². The zero-order valence-corrected chi connectivity index (χ0v) is 10.1. The van der Waals surface area contributed by atoms with Crippen LogP contribution in [0.15, 0.2) is 23.4 Å². The van der Waals surface area contributed by atoms with Crippen LogP contribution in [-0.4, -0.2) is 31.4 Å². The third kappa shape index (κ3) is 3.96. The summed E-state index contributed by atoms with van der Waals surface area (Å²) in [7, 11) is 1.65. The Balaban J connectivity index is 2.76. The minimum atomic E-state index is 0.0513. The highest BCUT2D eigenvalue weighted by molar-refractivity contribution is 5.99. The predicted octanol–water partition coefficient (Wildman–Crippen LogP) is 1.50. The number of oxime groups is 1. The number of methoxy groups -OCH3 is 1. The fourth-order valence-electron chi connectivity index (χ4n) is 1.41. The highest BCUT2D eigenvalue weighted by Crippen LogP contribution is 2.20. The van der Waals surface area contributed by atoms with Gasteiger partial charge in [-0.15, -0.1) is 0 Å². The molecule has 0 saturated heterocycles. The molecule has 0 radical (unpaired) electrons. The van der Waals surface area contributed by atoms with E-state index in [1.165, 1.54) is 0 Å². The van der Waals surface area contributed by atoms with E-state index in [0.717, 1.165) is 12.0 Å². The molecule has 0 aliphatic heterocycles. The molecule has 17 heavy (non-hydrogen) atoms. The van der Waals surface area contributed by atoms with Crippen molar-refractivity contribution in [2.75, 3.05) is 20.3 Å². The van der Waals surface area contributed by atoms with Crippen LogP contribution in [0.25, 0.3) is 0 Å². The van der Waals surface area contributed by atoms with Gasteiger partial charge in [-0.25, -0.2) is 0 Å². The molecule has 0 aromatic heterocycles. The van der Waals surface area contributed by atoms with Crippen molar-refractivity contribution in [3.05, 3.63) is 29.3 Å². The average Bonchev–Trinajstić information content (AvgIpc) is 2.35. The molecule has 0 aliphatic rings. The lowest BCUT2D eigenvalue weighted by Gasteiger charge is -2.11. The van der Waals surface area contributed by atoms with Crippen molar-refractivity contribution >= 4 is 5.84 Å². The first-order chi connectivity index (χ1) is 8.19. The number of hydrogen-bond acceptors (Lipinski definition) is 4. The quantitative estimate of drug-likeness (QED) is 0.259. The highest BCUT2D eigenvalue weighted by atomic mass is 16.5. The van der Waals surface area contributed by atoms with Gasteiger partial charge in [-0.3, -0.25) is 0 Å². The molecule has 5 nitrogen and oxygen atoms in total. The Morgan fingerprint density at radius 1 is 1.41 bits per heavy atom. The zero-order valence-electron chi connectivity index (χ0n) is 10.1. The zero-order chi connectivity index (χ0) is 12.7. The topological polar surface area (TPSA) is 77.1 Å². The van der Waals surface area contributed by atoms with Gasteiger partial charge in [0, 0.05) is 20.1 Å². The Hall–Kier alpha value is -1.75. The third-order valence-electron chi connectivity index (χ3n) is 2.27. The summed E-state index contributed by atoms with van der Waals surface area (Å²) in [4.78, 5) is 0. The molecule has 0 heterocycles. The van der Waals surface area contributed by atoms with Crippen LogP contribution in [-0.2, 0) is 4.74 Å². The van der Waals surface area contributed by atoms with Crippen molar-refractivity contribution in [3.63, 3.8) is 0 Å². The number of aryl methyl sites for hydroxylation is 1. The van der Waals surface area contributed by atoms with Crippen LogP contribution in [0.5, 0.6) is 5.75 Å². The molecule has 0 amide bonds. The lowest BCUT2D eigenvalue weighted by Crippen LogP contribution is -2.15. The Morgan fingerprint density at radius 2 is 2.18 bits per heavy atom. The number of amidine groups is 1. The van der Waals surface area contributed by atoms with E-state index < -0.39 is 0 Å². The molecule has 3 N–H and O–H groups in total. The van der Waals surface area contributed by atoms with E-state index in [9.17, 15) is 0 Å². The van der Waals surface area contributed by atoms with Gasteiger partial charge in [0.25, 0.3) is 0 Å². The summed E-state index contributed by atoms with van der Waals surface area (Å²) in [5, 5.41) is 11.7. The summed E-state index contributed by atoms with van der Waals surface area (Å²) < 4.78 is 10.5. The van der Waals surface area contributed by atoms with Crippen molar-refractivity contribution in [2.24, 2.45) is 10.9 Å². The molecule has 94 valence electrons. The number of nitrogens with zero attached hydrogens (tertiary/aromatic N) is 1. The van der Waals surface area contributed by atoms with Gasteiger partial charge in [0.1, 0.15) is 5.75 Å². The molecular formula is C12H18N2O3. The monoisotopic (exact) mass is 238 g/mol. The first-order valence-electron chi connectivity index (χ1n) is 5.39. The largest absolute Gasteiger partial charge is 0.493 e. The minimum Gasteiger partial charge on any atom is -0.493 e. The molecule has 1 aromatic carbocycles. The number of hydrogen-bond donors (Lipinski definition) is 2. The minimum absolute atomic E-state index is 0.0513. The van der Waals surface area contributed by atoms with Crippen LogP contribution in [0.4, 0.5) is 0 Å². The summed E-state index contributed by atoms with van der Waals surface area (Å²) in [5.41, 5.74) is 7.22. The van der Waals surface area contributed by atoms with Crippen LogP contribution in [0.3, 0.4) is 0 Å². The van der Waals surface area contributed by atoms with E-state index in [1.54, 1.807) is 7.11 Å². The Morgan fingerprint density at radius 3 is 2.82 bits per heavy atom. The molecule has 5 heteroatoms. The van der Waals surface area contributed by atoms with Crippen LogP contribution in [0, 0.1) is 6.92 Å². The fourth-order valence-corrected chi connectivity index (χ4v) is 1.41. The average molecular weight is 238 g/mol. The van der Waals surface area contributed by atoms with E-state index in [0.29, 0.717) is 24.5 Å². The smallest absolute Gasteiger partial charge is 0.173 e. The van der Waals surface area contributed by atoms with Gasteiger partial charge in [-0.2, -0.15) is 0 Å². The van der Waals surface area contributed by atoms with Crippen LogP contribution >= 0.6 is 0 Å². The normalized spacial score (nSPS) is 11.5. The molecule has 0 spiro atoms. The first-order valence-corrected chi connectivity index (χ1v) is 5.39. The molecule has 0 unspecified atom stereocenters. The van der Waals surface area contributed by atoms with Crippen molar-refractivity contribution in [1.82, 2.24) is 0 Å². The van der Waals surface area contributed by atoms with E-state index in [2.05, 4.69) is 5.16 Å². The van der Waals surface area contributed by atoms with Gasteiger partial charge in [-0.1, -0.05) is 16.8 Å². The molecular weight excluding hydrogens is 220 g/mol. The second-order valence-electron chi connectivity index (χ2n) is 3.68. The number of benzene rings is 1. The molecule has 0 bridgehead atoms. The number of ether oxygens (including phenoxy) is 2. The van der Waals surface area contributed by atoms with Crippen LogP contribution in [0.1, 0.15) is 17.5 Å². The maximum absolute atomic E-state index is 8.70. The van der Waals surface area contributed by atoms with Gasteiger partial charge in [0.15, 0.2) is 5.84 Å². The van der Waals surface area contributed by atoms with Crippen LogP contribution in [0.2, 0.25) is 0 Å². The van der Waals surface area contributed by atoms with E-state index in [4.69, 9.17) is 20.4 Å². The van der Waals surface area contributed by atoms with Crippen LogP contribution < -0.4 is 10.5 Å². The SMILES string of the molecule is COCCCOc1ccc(C)cc1/C(N)=N/O. The predicted molar refractivity (Wildman–Crippen MR) is 65.7 cm³/mol. The number of nitrogens with two attached hydrogens (primary N) is 1. The summed E-state index contributed by atoms with van der Waals surface area (Å²) in [6, 6.07) is 5.55. The summed E-state index contributed by atoms with van der Waals surface area (Å²) in [6.45, 7) is 3.11. The lowest BCUT2D eigenvalue weighted by molar-refractivity contribution is 0.172. The molecule has 0 fully saturated rings. The Labute approximate surface area is 101 Å². The standard InChI is InChI=1S/C12H18N2O3/c1-9-4-5-11(17-7-3-6-16-2)10(8-9)12(13)14-15/h4-5,8,15H,3,6-7H2,1-2H3,(H2,13,14). The first kappa shape index (κ1) is 13.3. The fraction of sp³-hybridized carbons (Fsp3) is 0.417. The molecule has 0 aliphatic carbocycles. The third-order valence-corrected chi connectivity index (χ3v) is 2.27. The molecule has 0 saturated carbocycles. The van der Waals surface area contributed by atoms with E-state index >= 15 is 0 Å². The lowest BCUT2D eigenvalue weighted by atomic mass is 10.1. The second-order valence-corrected chi connectivity index (χ2v) is 3.68. The van der Waals surface area contributed by atoms with Gasteiger partial charge in [0.05, 0.1) is 12.2 Å². The number of rotatable bonds is 6. The highest BCUT2D eigenvalue weighted by Gasteiger charge is 2.08. The summed E-state index contributed by atoms with van der Waals surface area (Å²) in [5.74, 6) is 0.664. The van der Waals surface area contributed by atoms with Crippen molar-refractivity contribution in [2.45, 2.75) is 13.3 Å². The summed E-state index contributed by atoms with van der Waals surface area (Å²) in [6.07, 6.45) is 0.792. The Kier molecular flexibility index (Phi) is 5.29. The molecule has 1 aromatic rings. The van der Waals surface area contributed by atoms with Gasteiger partial charge < -0.3 is 20.4 Å². The van der Waals surface area contributed by atoms with E-state index in [-0.39, 0.29) is 5.84 Å². The molecule has 1 rings (SSSR count). The van der Waals surface area contributed by atoms with Gasteiger partial charge >= 0.3 is 0 Å². The van der Waals surface area contributed by atoms with Crippen molar-refractivity contribution in [3.8, 4) is 5.75 Å². The van der Waals surface area contributed by atoms with Gasteiger partial charge in [0.2, 0.25) is 0 Å². The summed E-state index contributed by atoms with van der Waals surface area (Å²) >= 11 is 0.